The molecule has 1 unspecified atom stereocenters. The van der Waals surface area contributed by atoms with Crippen molar-refractivity contribution in [1.82, 2.24) is 0 Å². The molecule has 1 amide bonds. The van der Waals surface area contributed by atoms with Gasteiger partial charge in [0.05, 0.1) is 0 Å². The Hall–Kier alpha value is -2.21. The molecule has 21 heavy (non-hydrogen) atoms. The molecule has 0 aliphatic rings. The number of halogens is 1. The van der Waals surface area contributed by atoms with E-state index in [4.69, 9.17) is 4.74 Å². The van der Waals surface area contributed by atoms with E-state index >= 15 is 0 Å². The van der Waals surface area contributed by atoms with Gasteiger partial charge in [-0.3, -0.25) is 4.79 Å². The Morgan fingerprint density at radius 3 is 2.48 bits per heavy atom. The van der Waals surface area contributed by atoms with E-state index in [0.717, 1.165) is 5.56 Å². The van der Waals surface area contributed by atoms with Gasteiger partial charge < -0.3 is 10.1 Å². The third kappa shape index (κ3) is 3.88. The van der Waals surface area contributed by atoms with Crippen molar-refractivity contribution in [1.29, 1.82) is 0 Å². The number of hydrogen-bond donors (Lipinski definition) is 1. The molecule has 1 heterocycles. The van der Waals surface area contributed by atoms with Gasteiger partial charge in [-0.15, -0.1) is 11.3 Å². The predicted molar refractivity (Wildman–Crippen MR) is 79.0 cm³/mol. The molecule has 0 aliphatic heterocycles. The summed E-state index contributed by atoms with van der Waals surface area (Å²) in [7, 11) is 0. The molecule has 2 aromatic rings. The molecule has 0 spiro atoms. The largest absolute Gasteiger partial charge is 0.448 e. The van der Waals surface area contributed by atoms with Crippen molar-refractivity contribution in [2.24, 2.45) is 0 Å². The normalized spacial score (nSPS) is 11.8. The number of anilines is 1. The van der Waals surface area contributed by atoms with Gasteiger partial charge in [-0.05, 0) is 55.1 Å². The van der Waals surface area contributed by atoms with Crippen LogP contribution in [0.15, 0.2) is 35.7 Å². The molecular weight excluding hydrogens is 293 g/mol. The van der Waals surface area contributed by atoms with Gasteiger partial charge in [-0.2, -0.15) is 0 Å². The van der Waals surface area contributed by atoms with Gasteiger partial charge in [0.1, 0.15) is 10.7 Å². The number of benzene rings is 1. The Labute approximate surface area is 125 Å². The van der Waals surface area contributed by atoms with E-state index in [2.05, 4.69) is 5.32 Å². The van der Waals surface area contributed by atoms with E-state index in [1.54, 1.807) is 12.3 Å². The maximum Gasteiger partial charge on any atom is 0.349 e. The zero-order valence-electron chi connectivity index (χ0n) is 11.6. The fraction of sp³-hybridized carbons (Fsp3) is 0.200. The number of nitrogens with one attached hydrogen (secondary N) is 1. The molecule has 1 N–H and O–H groups in total. The van der Waals surface area contributed by atoms with E-state index in [0.29, 0.717) is 10.6 Å². The van der Waals surface area contributed by atoms with Crippen LogP contribution in [0.1, 0.15) is 22.2 Å². The average Bonchev–Trinajstić information content (AvgIpc) is 2.87. The number of esters is 1. The first-order chi connectivity index (χ1) is 9.97. The highest BCUT2D eigenvalue weighted by molar-refractivity contribution is 7.12. The van der Waals surface area contributed by atoms with Crippen molar-refractivity contribution < 1.29 is 18.7 Å². The van der Waals surface area contributed by atoms with Crippen LogP contribution in [0.2, 0.25) is 0 Å². The molecule has 0 bridgehead atoms. The predicted octanol–water partition coefficient (Wildman–Crippen LogP) is 3.38. The van der Waals surface area contributed by atoms with Crippen molar-refractivity contribution >= 4 is 28.9 Å². The Morgan fingerprint density at radius 2 is 1.90 bits per heavy atom. The van der Waals surface area contributed by atoms with Gasteiger partial charge in [0.2, 0.25) is 0 Å². The lowest BCUT2D eigenvalue weighted by Crippen LogP contribution is -2.29. The molecule has 1 atom stereocenters. The fourth-order valence-corrected chi connectivity index (χ4v) is 2.43. The minimum Gasteiger partial charge on any atom is -0.448 e. The van der Waals surface area contributed by atoms with Crippen LogP contribution in [0.4, 0.5) is 10.1 Å². The summed E-state index contributed by atoms with van der Waals surface area (Å²) in [6.45, 7) is 3.29. The Bertz CT molecular complexity index is 651. The molecule has 6 heteroatoms. The number of ether oxygens (including phenoxy) is 1. The lowest BCUT2D eigenvalue weighted by molar-refractivity contribution is -0.123. The number of carbonyl (C=O) groups excluding carboxylic acids is 2. The van der Waals surface area contributed by atoms with Gasteiger partial charge in [0, 0.05) is 5.69 Å². The van der Waals surface area contributed by atoms with Crippen molar-refractivity contribution in [2.75, 3.05) is 5.32 Å². The summed E-state index contributed by atoms with van der Waals surface area (Å²) in [5.41, 5.74) is 1.26. The second kappa shape index (κ2) is 6.49. The van der Waals surface area contributed by atoms with Gasteiger partial charge in [0.25, 0.3) is 5.91 Å². The summed E-state index contributed by atoms with van der Waals surface area (Å²) < 4.78 is 17.9. The second-order valence-corrected chi connectivity index (χ2v) is 5.39. The number of carbonyl (C=O) groups is 2. The van der Waals surface area contributed by atoms with Crippen LogP contribution in [0.25, 0.3) is 0 Å². The minimum atomic E-state index is -0.941. The Morgan fingerprint density at radius 1 is 1.24 bits per heavy atom. The highest BCUT2D eigenvalue weighted by Gasteiger charge is 2.20. The molecule has 110 valence electrons. The molecule has 4 nitrogen and oxygen atoms in total. The molecular formula is C15H14FNO3S. The number of rotatable bonds is 4. The van der Waals surface area contributed by atoms with Gasteiger partial charge in [0.15, 0.2) is 6.10 Å². The summed E-state index contributed by atoms with van der Waals surface area (Å²) >= 11 is 1.27. The number of thiophene rings is 1. The number of hydrogen-bond acceptors (Lipinski definition) is 4. The van der Waals surface area contributed by atoms with Gasteiger partial charge >= 0.3 is 5.97 Å². The van der Waals surface area contributed by atoms with Crippen LogP contribution < -0.4 is 5.32 Å². The first kappa shape index (κ1) is 15.2. The Balaban J connectivity index is 1.95. The van der Waals surface area contributed by atoms with Crippen LogP contribution in [0, 0.1) is 12.7 Å². The lowest BCUT2D eigenvalue weighted by atomic mass is 10.3. The van der Waals surface area contributed by atoms with Crippen LogP contribution in [0.3, 0.4) is 0 Å². The molecule has 0 aliphatic carbocycles. The SMILES string of the molecule is Cc1ccsc1C(=O)OC(C)C(=O)Nc1ccc(F)cc1. The summed E-state index contributed by atoms with van der Waals surface area (Å²) in [6, 6.07) is 7.16. The van der Waals surface area contributed by atoms with Crippen molar-refractivity contribution in [3.8, 4) is 0 Å². The quantitative estimate of drug-likeness (QED) is 0.881. The standard InChI is InChI=1S/C15H14FNO3S/c1-9-7-8-21-13(9)15(19)20-10(2)14(18)17-12-5-3-11(16)4-6-12/h3-8,10H,1-2H3,(H,17,18). The first-order valence-corrected chi connectivity index (χ1v) is 7.17. The monoisotopic (exact) mass is 307 g/mol. The highest BCUT2D eigenvalue weighted by atomic mass is 32.1. The summed E-state index contributed by atoms with van der Waals surface area (Å²) in [5.74, 6) is -1.38. The topological polar surface area (TPSA) is 55.4 Å². The second-order valence-electron chi connectivity index (χ2n) is 4.48. The zero-order valence-corrected chi connectivity index (χ0v) is 12.4. The zero-order chi connectivity index (χ0) is 15.4. The molecule has 1 aromatic carbocycles. The third-order valence-electron chi connectivity index (χ3n) is 2.81. The van der Waals surface area contributed by atoms with E-state index in [1.807, 2.05) is 6.07 Å². The van der Waals surface area contributed by atoms with Crippen LogP contribution in [0.5, 0.6) is 0 Å². The maximum absolute atomic E-state index is 12.8. The molecule has 0 radical (unpaired) electrons. The highest BCUT2D eigenvalue weighted by Crippen LogP contribution is 2.17. The summed E-state index contributed by atoms with van der Waals surface area (Å²) in [5, 5.41) is 4.34. The van der Waals surface area contributed by atoms with Crippen LogP contribution >= 0.6 is 11.3 Å². The Kier molecular flexibility index (Phi) is 4.70. The summed E-state index contributed by atoms with van der Waals surface area (Å²) in [4.78, 5) is 24.3. The third-order valence-corrected chi connectivity index (χ3v) is 3.81. The fourth-order valence-electron chi connectivity index (χ4n) is 1.63. The molecule has 0 saturated heterocycles. The molecule has 0 saturated carbocycles. The van der Waals surface area contributed by atoms with E-state index in [9.17, 15) is 14.0 Å². The first-order valence-electron chi connectivity index (χ1n) is 6.29. The van der Waals surface area contributed by atoms with Crippen molar-refractivity contribution in [3.63, 3.8) is 0 Å². The maximum atomic E-state index is 12.8. The van der Waals surface area contributed by atoms with E-state index in [-0.39, 0.29) is 5.82 Å². The number of amides is 1. The lowest BCUT2D eigenvalue weighted by Gasteiger charge is -2.13. The molecule has 2 rings (SSSR count). The van der Waals surface area contributed by atoms with Gasteiger partial charge in [-0.1, -0.05) is 0 Å². The number of aryl methyl sites for hydroxylation is 1. The van der Waals surface area contributed by atoms with Gasteiger partial charge in [-0.25, -0.2) is 9.18 Å². The van der Waals surface area contributed by atoms with E-state index < -0.39 is 18.0 Å². The van der Waals surface area contributed by atoms with Crippen molar-refractivity contribution in [3.05, 3.63) is 52.0 Å². The van der Waals surface area contributed by atoms with Crippen LogP contribution in [-0.2, 0) is 9.53 Å². The smallest absolute Gasteiger partial charge is 0.349 e. The van der Waals surface area contributed by atoms with Crippen LogP contribution in [-0.4, -0.2) is 18.0 Å². The molecule has 1 aromatic heterocycles. The average molecular weight is 307 g/mol. The summed E-state index contributed by atoms with van der Waals surface area (Å²) in [6.07, 6.45) is -0.941. The minimum absolute atomic E-state index is 0.388. The molecule has 0 fully saturated rings. The van der Waals surface area contributed by atoms with E-state index in [1.165, 1.54) is 42.5 Å². The van der Waals surface area contributed by atoms with Crippen molar-refractivity contribution in [2.45, 2.75) is 20.0 Å².